The molecular weight excluding hydrogens is 232 g/mol. The molecule has 1 rings (SSSR count). The van der Waals surface area contributed by atoms with Crippen LogP contribution in [0.2, 0.25) is 0 Å². The van der Waals surface area contributed by atoms with Gasteiger partial charge in [0.2, 0.25) is 0 Å². The fourth-order valence-electron chi connectivity index (χ4n) is 2.62. The van der Waals surface area contributed by atoms with Crippen LogP contribution in [0.4, 0.5) is 0 Å². The van der Waals surface area contributed by atoms with E-state index in [2.05, 4.69) is 39.8 Å². The van der Waals surface area contributed by atoms with E-state index in [1.807, 2.05) is 0 Å². The summed E-state index contributed by atoms with van der Waals surface area (Å²) < 4.78 is 0. The maximum atomic E-state index is 10.4. The first kappa shape index (κ1) is 16.1. The van der Waals surface area contributed by atoms with Crippen molar-refractivity contribution in [2.75, 3.05) is 0 Å². The molecule has 0 heterocycles. The van der Waals surface area contributed by atoms with Gasteiger partial charge in [0, 0.05) is 0 Å². The van der Waals surface area contributed by atoms with Crippen LogP contribution in [0.5, 0.6) is 5.75 Å². The number of phenolic OH excluding ortho intramolecular Hbond substituents is 1. The Morgan fingerprint density at radius 3 is 2.05 bits per heavy atom. The van der Waals surface area contributed by atoms with Gasteiger partial charge in [-0.05, 0) is 48.3 Å². The molecule has 0 bridgehead atoms. The molecule has 0 aliphatic heterocycles. The highest BCUT2D eigenvalue weighted by molar-refractivity contribution is 5.44. The van der Waals surface area contributed by atoms with E-state index in [9.17, 15) is 5.11 Å². The minimum atomic E-state index is 0.561. The topological polar surface area (TPSA) is 20.2 Å². The monoisotopic (exact) mass is 262 g/mol. The minimum absolute atomic E-state index is 0.561. The predicted molar refractivity (Wildman–Crippen MR) is 83.9 cm³/mol. The number of aryl methyl sites for hydroxylation is 3. The average Bonchev–Trinajstić information content (AvgIpc) is 2.34. The van der Waals surface area contributed by atoms with E-state index >= 15 is 0 Å². The van der Waals surface area contributed by atoms with Gasteiger partial charge >= 0.3 is 0 Å². The molecule has 1 aromatic rings. The van der Waals surface area contributed by atoms with Crippen LogP contribution in [0.25, 0.3) is 0 Å². The smallest absolute Gasteiger partial charge is 0.121 e. The van der Waals surface area contributed by atoms with Crippen molar-refractivity contribution in [1.29, 1.82) is 0 Å². The Morgan fingerprint density at radius 1 is 0.947 bits per heavy atom. The van der Waals surface area contributed by atoms with Crippen LogP contribution < -0.4 is 0 Å². The molecule has 0 radical (unpaired) electrons. The first-order valence-electron chi connectivity index (χ1n) is 7.92. The zero-order chi connectivity index (χ0) is 14.3. The minimum Gasteiger partial charge on any atom is -0.507 e. The average molecular weight is 262 g/mol. The summed E-state index contributed by atoms with van der Waals surface area (Å²) in [5.74, 6) is 1.31. The van der Waals surface area contributed by atoms with Gasteiger partial charge in [-0.1, -0.05) is 59.1 Å². The number of benzene rings is 1. The second-order valence-corrected chi connectivity index (χ2v) is 6.05. The lowest BCUT2D eigenvalue weighted by Crippen LogP contribution is -1.97. The molecule has 0 saturated carbocycles. The molecule has 0 amide bonds. The van der Waals surface area contributed by atoms with Crippen molar-refractivity contribution < 1.29 is 5.11 Å². The molecule has 19 heavy (non-hydrogen) atoms. The lowest BCUT2D eigenvalue weighted by atomic mass is 9.95. The Morgan fingerprint density at radius 2 is 1.53 bits per heavy atom. The van der Waals surface area contributed by atoms with E-state index in [1.54, 1.807) is 0 Å². The Balaban J connectivity index is 2.86. The number of phenols is 1. The van der Waals surface area contributed by atoms with Crippen LogP contribution in [0.15, 0.2) is 12.1 Å². The molecule has 1 nitrogen and oxygen atoms in total. The number of rotatable bonds is 8. The summed E-state index contributed by atoms with van der Waals surface area (Å²) in [5, 5.41) is 10.4. The van der Waals surface area contributed by atoms with Crippen LogP contribution in [0, 0.1) is 5.92 Å². The lowest BCUT2D eigenvalue weighted by molar-refractivity contribution is 0.456. The molecule has 0 fully saturated rings. The molecule has 0 spiro atoms. The molecule has 1 heteroatoms. The molecule has 0 unspecified atom stereocenters. The number of aromatic hydroxyl groups is 1. The Labute approximate surface area is 119 Å². The highest BCUT2D eigenvalue weighted by Gasteiger charge is 2.09. The molecule has 0 aliphatic carbocycles. The van der Waals surface area contributed by atoms with Crippen molar-refractivity contribution >= 4 is 0 Å². The summed E-state index contributed by atoms with van der Waals surface area (Å²) in [5.41, 5.74) is 3.70. The van der Waals surface area contributed by atoms with Crippen LogP contribution in [-0.4, -0.2) is 5.11 Å². The number of hydrogen-bond acceptors (Lipinski definition) is 1. The fourth-order valence-corrected chi connectivity index (χ4v) is 2.62. The van der Waals surface area contributed by atoms with Gasteiger partial charge in [-0.2, -0.15) is 0 Å². The van der Waals surface area contributed by atoms with Crippen LogP contribution in [-0.2, 0) is 19.3 Å². The van der Waals surface area contributed by atoms with Crippen LogP contribution in [0.1, 0.15) is 70.1 Å². The zero-order valence-electron chi connectivity index (χ0n) is 13.1. The van der Waals surface area contributed by atoms with Gasteiger partial charge in [0.05, 0.1) is 0 Å². The lowest BCUT2D eigenvalue weighted by Gasteiger charge is -2.13. The summed E-state index contributed by atoms with van der Waals surface area (Å²) in [6, 6.07) is 4.42. The summed E-state index contributed by atoms with van der Waals surface area (Å²) in [6.45, 7) is 8.90. The molecule has 108 valence electrons. The van der Waals surface area contributed by atoms with Crippen molar-refractivity contribution in [2.45, 2.75) is 72.6 Å². The van der Waals surface area contributed by atoms with Gasteiger partial charge in [0.1, 0.15) is 5.75 Å². The van der Waals surface area contributed by atoms with Crippen molar-refractivity contribution in [2.24, 2.45) is 5.92 Å². The summed E-state index contributed by atoms with van der Waals surface area (Å²) in [4.78, 5) is 0. The fraction of sp³-hybridized carbons (Fsp3) is 0.667. The second kappa shape index (κ2) is 8.24. The highest BCUT2D eigenvalue weighted by Crippen LogP contribution is 2.28. The van der Waals surface area contributed by atoms with E-state index in [4.69, 9.17) is 0 Å². The quantitative estimate of drug-likeness (QED) is 0.676. The highest BCUT2D eigenvalue weighted by atomic mass is 16.3. The first-order valence-corrected chi connectivity index (χ1v) is 7.92. The van der Waals surface area contributed by atoms with Gasteiger partial charge in [0.25, 0.3) is 0 Å². The van der Waals surface area contributed by atoms with E-state index in [-0.39, 0.29) is 0 Å². The molecule has 0 saturated heterocycles. The van der Waals surface area contributed by atoms with E-state index in [0.717, 1.165) is 42.7 Å². The van der Waals surface area contributed by atoms with Gasteiger partial charge in [0.15, 0.2) is 0 Å². The maximum Gasteiger partial charge on any atom is 0.121 e. The van der Waals surface area contributed by atoms with Gasteiger partial charge in [-0.15, -0.1) is 0 Å². The molecular formula is C18H30O. The summed E-state index contributed by atoms with van der Waals surface area (Å²) in [7, 11) is 0. The molecule has 0 aliphatic rings. The molecule has 1 N–H and O–H groups in total. The number of hydrogen-bond donors (Lipinski definition) is 1. The van der Waals surface area contributed by atoms with Gasteiger partial charge in [-0.3, -0.25) is 0 Å². The van der Waals surface area contributed by atoms with E-state index in [0.29, 0.717) is 5.75 Å². The Hall–Kier alpha value is -0.980. The SMILES string of the molecule is CCCc1cc(CCC)c(O)c(CCCC(C)C)c1. The summed E-state index contributed by atoms with van der Waals surface area (Å²) >= 11 is 0. The van der Waals surface area contributed by atoms with Gasteiger partial charge in [-0.25, -0.2) is 0 Å². The molecule has 1 aromatic carbocycles. The van der Waals surface area contributed by atoms with Gasteiger partial charge < -0.3 is 5.11 Å². The normalized spacial score (nSPS) is 11.2. The predicted octanol–water partition coefficient (Wildman–Crippen LogP) is 5.28. The van der Waals surface area contributed by atoms with Crippen molar-refractivity contribution in [1.82, 2.24) is 0 Å². The van der Waals surface area contributed by atoms with E-state index in [1.165, 1.54) is 24.8 Å². The molecule has 0 aromatic heterocycles. The summed E-state index contributed by atoms with van der Waals surface area (Å²) in [6.07, 6.45) is 7.79. The van der Waals surface area contributed by atoms with Crippen molar-refractivity contribution in [3.05, 3.63) is 28.8 Å². The first-order chi connectivity index (χ1) is 9.08. The van der Waals surface area contributed by atoms with Crippen LogP contribution in [0.3, 0.4) is 0 Å². The third kappa shape index (κ3) is 5.26. The second-order valence-electron chi connectivity index (χ2n) is 6.05. The Bertz CT molecular complexity index is 380. The van der Waals surface area contributed by atoms with Crippen molar-refractivity contribution in [3.8, 4) is 5.75 Å². The van der Waals surface area contributed by atoms with Crippen LogP contribution >= 0.6 is 0 Å². The van der Waals surface area contributed by atoms with E-state index < -0.39 is 0 Å². The largest absolute Gasteiger partial charge is 0.507 e. The molecule has 0 atom stereocenters. The third-order valence-corrected chi connectivity index (χ3v) is 3.61. The maximum absolute atomic E-state index is 10.4. The zero-order valence-corrected chi connectivity index (χ0v) is 13.1. The standard InChI is InChI=1S/C18H30O/c1-5-8-15-12-16(9-6-2)18(19)17(13-15)11-7-10-14(3)4/h12-14,19H,5-11H2,1-4H3. The van der Waals surface area contributed by atoms with Crippen molar-refractivity contribution in [3.63, 3.8) is 0 Å². The Kier molecular flexibility index (Phi) is 6.97. The third-order valence-electron chi connectivity index (χ3n) is 3.61.